The fourth-order valence-corrected chi connectivity index (χ4v) is 2.48. The SMILES string of the molecule is CC(=O)N1CCN(C(=O)C(C)OC(=O)C2CC2[N+](=O)[O-])CC1. The second-order valence-corrected chi connectivity index (χ2v) is 5.61. The van der Waals surface area contributed by atoms with Crippen LogP contribution in [-0.4, -0.2) is 70.8 Å². The van der Waals surface area contributed by atoms with E-state index in [0.29, 0.717) is 26.2 Å². The molecule has 1 aliphatic heterocycles. The first-order valence-corrected chi connectivity index (χ1v) is 7.19. The summed E-state index contributed by atoms with van der Waals surface area (Å²) in [5, 5.41) is 10.5. The average Bonchev–Trinajstić information content (AvgIpc) is 3.27. The van der Waals surface area contributed by atoms with Gasteiger partial charge in [0.1, 0.15) is 5.92 Å². The molecule has 9 heteroatoms. The van der Waals surface area contributed by atoms with E-state index in [1.165, 1.54) is 18.7 Å². The van der Waals surface area contributed by atoms with Crippen molar-refractivity contribution in [2.75, 3.05) is 26.2 Å². The summed E-state index contributed by atoms with van der Waals surface area (Å²) in [4.78, 5) is 48.3. The van der Waals surface area contributed by atoms with E-state index in [9.17, 15) is 24.5 Å². The summed E-state index contributed by atoms with van der Waals surface area (Å²) < 4.78 is 5.03. The molecule has 1 heterocycles. The molecule has 2 fully saturated rings. The van der Waals surface area contributed by atoms with Gasteiger partial charge in [0.15, 0.2) is 6.10 Å². The number of amides is 2. The summed E-state index contributed by atoms with van der Waals surface area (Å²) in [5.41, 5.74) is 0. The number of carbonyl (C=O) groups excluding carboxylic acids is 3. The van der Waals surface area contributed by atoms with Crippen LogP contribution >= 0.6 is 0 Å². The molecule has 9 nitrogen and oxygen atoms in total. The number of piperazine rings is 1. The van der Waals surface area contributed by atoms with Crippen molar-refractivity contribution in [1.82, 2.24) is 9.80 Å². The normalized spacial score (nSPS) is 25.4. The molecule has 0 aromatic heterocycles. The van der Waals surface area contributed by atoms with E-state index in [2.05, 4.69) is 0 Å². The van der Waals surface area contributed by atoms with Crippen molar-refractivity contribution in [2.24, 2.45) is 5.92 Å². The molecule has 2 aliphatic rings. The summed E-state index contributed by atoms with van der Waals surface area (Å²) >= 11 is 0. The van der Waals surface area contributed by atoms with E-state index in [1.807, 2.05) is 0 Å². The van der Waals surface area contributed by atoms with E-state index in [0.717, 1.165) is 0 Å². The van der Waals surface area contributed by atoms with E-state index in [1.54, 1.807) is 4.90 Å². The van der Waals surface area contributed by atoms with Crippen LogP contribution in [0, 0.1) is 16.0 Å². The smallest absolute Gasteiger partial charge is 0.316 e. The van der Waals surface area contributed by atoms with Crippen molar-refractivity contribution < 1.29 is 24.0 Å². The van der Waals surface area contributed by atoms with Gasteiger partial charge < -0.3 is 14.5 Å². The molecule has 0 aromatic rings. The van der Waals surface area contributed by atoms with Crippen molar-refractivity contribution in [3.63, 3.8) is 0 Å². The van der Waals surface area contributed by atoms with Crippen LogP contribution in [-0.2, 0) is 19.1 Å². The molecule has 2 rings (SSSR count). The molecule has 122 valence electrons. The zero-order chi connectivity index (χ0) is 16.4. The van der Waals surface area contributed by atoms with Crippen LogP contribution < -0.4 is 0 Å². The summed E-state index contributed by atoms with van der Waals surface area (Å²) in [7, 11) is 0. The lowest BCUT2D eigenvalue weighted by Crippen LogP contribution is -2.52. The Kier molecular flexibility index (Phi) is 4.62. The highest BCUT2D eigenvalue weighted by Crippen LogP contribution is 2.34. The monoisotopic (exact) mass is 313 g/mol. The molecular weight excluding hydrogens is 294 g/mol. The third kappa shape index (κ3) is 3.52. The lowest BCUT2D eigenvalue weighted by Gasteiger charge is -2.35. The lowest BCUT2D eigenvalue weighted by atomic mass is 10.2. The van der Waals surface area contributed by atoms with E-state index >= 15 is 0 Å². The summed E-state index contributed by atoms with van der Waals surface area (Å²) in [6.45, 7) is 4.62. The standard InChI is InChI=1S/C13H19N3O6/c1-8(22-13(19)10-7-11(10)16(20)21)12(18)15-5-3-14(4-6-15)9(2)17/h8,10-11H,3-7H2,1-2H3. The third-order valence-corrected chi connectivity index (χ3v) is 4.01. The fourth-order valence-electron chi connectivity index (χ4n) is 2.48. The van der Waals surface area contributed by atoms with Crippen LogP contribution in [0.15, 0.2) is 0 Å². The molecule has 0 aromatic carbocycles. The summed E-state index contributed by atoms with van der Waals surface area (Å²) in [5.74, 6) is -1.80. The second kappa shape index (κ2) is 6.29. The highest BCUT2D eigenvalue weighted by Gasteiger charge is 2.55. The number of hydrogen-bond donors (Lipinski definition) is 0. The average molecular weight is 313 g/mol. The molecule has 2 amide bonds. The molecule has 0 bridgehead atoms. The Labute approximate surface area is 127 Å². The first-order valence-electron chi connectivity index (χ1n) is 7.19. The van der Waals surface area contributed by atoms with Crippen molar-refractivity contribution in [3.8, 4) is 0 Å². The Bertz CT molecular complexity index is 500. The number of nitro groups is 1. The van der Waals surface area contributed by atoms with Crippen LogP contribution in [0.4, 0.5) is 0 Å². The van der Waals surface area contributed by atoms with E-state index in [-0.39, 0.29) is 18.2 Å². The number of esters is 1. The van der Waals surface area contributed by atoms with Crippen LogP contribution in [0.1, 0.15) is 20.3 Å². The first-order chi connectivity index (χ1) is 10.3. The maximum atomic E-state index is 12.2. The maximum Gasteiger partial charge on any atom is 0.316 e. The van der Waals surface area contributed by atoms with Gasteiger partial charge in [-0.1, -0.05) is 0 Å². The van der Waals surface area contributed by atoms with Gasteiger partial charge in [0, 0.05) is 44.4 Å². The minimum Gasteiger partial charge on any atom is -0.452 e. The predicted octanol–water partition coefficient (Wildman–Crippen LogP) is -0.726. The fraction of sp³-hybridized carbons (Fsp3) is 0.769. The quantitative estimate of drug-likeness (QED) is 0.384. The topological polar surface area (TPSA) is 110 Å². The van der Waals surface area contributed by atoms with Crippen molar-refractivity contribution in [2.45, 2.75) is 32.4 Å². The van der Waals surface area contributed by atoms with Gasteiger partial charge in [0.2, 0.25) is 11.9 Å². The minimum absolute atomic E-state index is 0.0360. The van der Waals surface area contributed by atoms with Gasteiger partial charge in [-0.25, -0.2) is 0 Å². The van der Waals surface area contributed by atoms with Crippen LogP contribution in [0.3, 0.4) is 0 Å². The number of ether oxygens (including phenoxy) is 1. The highest BCUT2D eigenvalue weighted by molar-refractivity contribution is 5.85. The predicted molar refractivity (Wildman–Crippen MR) is 73.3 cm³/mol. The van der Waals surface area contributed by atoms with Crippen molar-refractivity contribution >= 4 is 17.8 Å². The number of hydrogen-bond acceptors (Lipinski definition) is 6. The van der Waals surface area contributed by atoms with Gasteiger partial charge in [0.25, 0.3) is 5.91 Å². The highest BCUT2D eigenvalue weighted by atomic mass is 16.6. The molecule has 22 heavy (non-hydrogen) atoms. The second-order valence-electron chi connectivity index (χ2n) is 5.61. The number of carbonyl (C=O) groups is 3. The molecule has 1 saturated heterocycles. The molecule has 1 aliphatic carbocycles. The molecule has 0 N–H and O–H groups in total. The van der Waals surface area contributed by atoms with Crippen LogP contribution in [0.5, 0.6) is 0 Å². The van der Waals surface area contributed by atoms with Gasteiger partial charge in [-0.3, -0.25) is 24.5 Å². The van der Waals surface area contributed by atoms with E-state index in [4.69, 9.17) is 4.74 Å². The zero-order valence-corrected chi connectivity index (χ0v) is 12.6. The molecule has 3 unspecified atom stereocenters. The minimum atomic E-state index is -0.968. The molecule has 1 saturated carbocycles. The largest absolute Gasteiger partial charge is 0.452 e. The van der Waals surface area contributed by atoms with Crippen molar-refractivity contribution in [1.29, 1.82) is 0 Å². The summed E-state index contributed by atoms with van der Waals surface area (Å²) in [6.07, 6.45) is -0.798. The molecule has 3 atom stereocenters. The van der Waals surface area contributed by atoms with Gasteiger partial charge in [0.05, 0.1) is 0 Å². The summed E-state index contributed by atoms with van der Waals surface area (Å²) in [6, 6.07) is -0.881. The van der Waals surface area contributed by atoms with Crippen molar-refractivity contribution in [3.05, 3.63) is 10.1 Å². The maximum absolute atomic E-state index is 12.2. The Morgan fingerprint density at radius 3 is 2.18 bits per heavy atom. The number of rotatable bonds is 4. The molecular formula is C13H19N3O6. The lowest BCUT2D eigenvalue weighted by molar-refractivity contribution is -0.497. The van der Waals surface area contributed by atoms with Gasteiger partial charge in [-0.15, -0.1) is 0 Å². The Morgan fingerprint density at radius 2 is 1.73 bits per heavy atom. The van der Waals surface area contributed by atoms with E-state index < -0.39 is 29.0 Å². The Balaban J connectivity index is 1.79. The third-order valence-electron chi connectivity index (χ3n) is 4.01. The van der Waals surface area contributed by atoms with Gasteiger partial charge in [-0.2, -0.15) is 0 Å². The molecule has 0 spiro atoms. The van der Waals surface area contributed by atoms with Crippen LogP contribution in [0.25, 0.3) is 0 Å². The van der Waals surface area contributed by atoms with Gasteiger partial charge in [-0.05, 0) is 6.92 Å². The Morgan fingerprint density at radius 1 is 1.18 bits per heavy atom. The zero-order valence-electron chi connectivity index (χ0n) is 12.6. The molecule has 0 radical (unpaired) electrons. The number of nitrogens with zero attached hydrogens (tertiary/aromatic N) is 3. The first kappa shape index (κ1) is 16.2. The van der Waals surface area contributed by atoms with Crippen LogP contribution in [0.2, 0.25) is 0 Å². The Hall–Kier alpha value is -2.19. The van der Waals surface area contributed by atoms with Gasteiger partial charge >= 0.3 is 5.97 Å².